The second kappa shape index (κ2) is 5.93. The minimum atomic E-state index is -0.243. The van der Waals surface area contributed by atoms with Crippen molar-refractivity contribution in [2.24, 2.45) is 11.7 Å². The minimum absolute atomic E-state index is 0.0644. The standard InChI is InChI=1S/C17H21N3O2/c1-11(18)12-6-8-20(9-7-12)17(22)14-10-16(21)19-15-5-3-2-4-13(14)15/h2-5,10-12H,6-9,18H2,1H3,(H,19,21). The Hall–Kier alpha value is -2.14. The molecular formula is C17H21N3O2. The fraction of sp³-hybridized carbons (Fsp3) is 0.412. The Bertz CT molecular complexity index is 743. The van der Waals surface area contributed by atoms with Gasteiger partial charge in [-0.3, -0.25) is 9.59 Å². The Labute approximate surface area is 129 Å². The number of aromatic nitrogens is 1. The molecule has 5 heteroatoms. The van der Waals surface area contributed by atoms with E-state index in [2.05, 4.69) is 4.98 Å². The molecule has 0 spiro atoms. The van der Waals surface area contributed by atoms with Gasteiger partial charge in [0, 0.05) is 36.1 Å². The molecule has 1 aliphatic rings. The number of para-hydroxylation sites is 1. The maximum Gasteiger partial charge on any atom is 0.254 e. The Morgan fingerprint density at radius 2 is 2.00 bits per heavy atom. The van der Waals surface area contributed by atoms with E-state index in [9.17, 15) is 9.59 Å². The predicted molar refractivity (Wildman–Crippen MR) is 86.8 cm³/mol. The highest BCUT2D eigenvalue weighted by Crippen LogP contribution is 2.23. The fourth-order valence-corrected chi connectivity index (χ4v) is 3.18. The first-order valence-corrected chi connectivity index (χ1v) is 7.73. The van der Waals surface area contributed by atoms with Crippen molar-refractivity contribution in [3.8, 4) is 0 Å². The summed E-state index contributed by atoms with van der Waals surface area (Å²) in [5, 5.41) is 0.793. The second-order valence-corrected chi connectivity index (χ2v) is 6.08. The molecule has 1 amide bonds. The van der Waals surface area contributed by atoms with E-state index in [1.165, 1.54) is 6.07 Å². The smallest absolute Gasteiger partial charge is 0.254 e. The molecule has 0 saturated carbocycles. The van der Waals surface area contributed by atoms with Crippen LogP contribution in [-0.4, -0.2) is 34.9 Å². The molecule has 3 rings (SSSR count). The average Bonchev–Trinajstić information content (AvgIpc) is 2.53. The van der Waals surface area contributed by atoms with Gasteiger partial charge in [0.15, 0.2) is 0 Å². The molecule has 116 valence electrons. The monoisotopic (exact) mass is 299 g/mol. The van der Waals surface area contributed by atoms with Crippen molar-refractivity contribution in [1.29, 1.82) is 0 Å². The summed E-state index contributed by atoms with van der Waals surface area (Å²) in [6.45, 7) is 3.42. The third-order valence-corrected chi connectivity index (χ3v) is 4.55. The Morgan fingerprint density at radius 3 is 2.68 bits per heavy atom. The zero-order valence-corrected chi connectivity index (χ0v) is 12.7. The van der Waals surface area contributed by atoms with Crippen LogP contribution in [0.25, 0.3) is 10.9 Å². The lowest BCUT2D eigenvalue weighted by Gasteiger charge is -2.33. The molecule has 0 radical (unpaired) electrons. The maximum absolute atomic E-state index is 12.8. The van der Waals surface area contributed by atoms with E-state index < -0.39 is 0 Å². The quantitative estimate of drug-likeness (QED) is 0.886. The number of aromatic amines is 1. The largest absolute Gasteiger partial charge is 0.339 e. The van der Waals surface area contributed by atoms with Crippen LogP contribution >= 0.6 is 0 Å². The van der Waals surface area contributed by atoms with Gasteiger partial charge >= 0.3 is 0 Å². The van der Waals surface area contributed by atoms with Crippen LogP contribution in [-0.2, 0) is 0 Å². The van der Waals surface area contributed by atoms with Crippen LogP contribution in [0.4, 0.5) is 0 Å². The number of nitrogens with two attached hydrogens (primary N) is 1. The van der Waals surface area contributed by atoms with E-state index in [0.29, 0.717) is 30.1 Å². The van der Waals surface area contributed by atoms with Gasteiger partial charge in [0.2, 0.25) is 5.56 Å². The van der Waals surface area contributed by atoms with E-state index in [-0.39, 0.29) is 17.5 Å². The van der Waals surface area contributed by atoms with Crippen LogP contribution in [0.3, 0.4) is 0 Å². The van der Waals surface area contributed by atoms with Crippen LogP contribution in [0, 0.1) is 5.92 Å². The van der Waals surface area contributed by atoms with Gasteiger partial charge < -0.3 is 15.6 Å². The zero-order valence-electron chi connectivity index (χ0n) is 12.7. The van der Waals surface area contributed by atoms with Crippen LogP contribution in [0.2, 0.25) is 0 Å². The third-order valence-electron chi connectivity index (χ3n) is 4.55. The van der Waals surface area contributed by atoms with E-state index >= 15 is 0 Å². The molecule has 1 aromatic heterocycles. The van der Waals surface area contributed by atoms with Crippen LogP contribution in [0.1, 0.15) is 30.1 Å². The number of H-pyrrole nitrogens is 1. The average molecular weight is 299 g/mol. The van der Waals surface area contributed by atoms with Gasteiger partial charge in [0.25, 0.3) is 5.91 Å². The summed E-state index contributed by atoms with van der Waals surface area (Å²) in [6, 6.07) is 8.98. The summed E-state index contributed by atoms with van der Waals surface area (Å²) in [6.07, 6.45) is 1.84. The number of carbonyl (C=O) groups excluding carboxylic acids is 1. The Morgan fingerprint density at radius 1 is 1.32 bits per heavy atom. The van der Waals surface area contributed by atoms with E-state index in [4.69, 9.17) is 5.73 Å². The molecule has 2 aromatic rings. The second-order valence-electron chi connectivity index (χ2n) is 6.08. The third kappa shape index (κ3) is 2.76. The first kappa shape index (κ1) is 14.8. The van der Waals surface area contributed by atoms with Crippen molar-refractivity contribution in [2.75, 3.05) is 13.1 Å². The number of likely N-dealkylation sites (tertiary alicyclic amines) is 1. The van der Waals surface area contributed by atoms with Crippen molar-refractivity contribution >= 4 is 16.8 Å². The number of benzene rings is 1. The van der Waals surface area contributed by atoms with Gasteiger partial charge in [-0.05, 0) is 31.7 Å². The molecular weight excluding hydrogens is 278 g/mol. The Balaban J connectivity index is 1.89. The molecule has 5 nitrogen and oxygen atoms in total. The molecule has 3 N–H and O–H groups in total. The van der Waals surface area contributed by atoms with Gasteiger partial charge in [0.05, 0.1) is 5.56 Å². The Kier molecular flexibility index (Phi) is 3.98. The van der Waals surface area contributed by atoms with Crippen molar-refractivity contribution in [2.45, 2.75) is 25.8 Å². The minimum Gasteiger partial charge on any atom is -0.339 e. The van der Waals surface area contributed by atoms with E-state index in [1.807, 2.05) is 36.1 Å². The van der Waals surface area contributed by atoms with Crippen molar-refractivity contribution in [1.82, 2.24) is 9.88 Å². The highest BCUT2D eigenvalue weighted by Gasteiger charge is 2.26. The van der Waals surface area contributed by atoms with E-state index in [0.717, 1.165) is 18.2 Å². The van der Waals surface area contributed by atoms with Gasteiger partial charge in [-0.15, -0.1) is 0 Å². The SMILES string of the molecule is CC(N)C1CCN(C(=O)c2cc(=O)[nH]c3ccccc23)CC1. The topological polar surface area (TPSA) is 79.2 Å². The molecule has 1 atom stereocenters. The molecule has 1 aliphatic heterocycles. The number of pyridine rings is 1. The number of piperidine rings is 1. The number of hydrogen-bond donors (Lipinski definition) is 2. The lowest BCUT2D eigenvalue weighted by atomic mass is 9.90. The summed E-state index contributed by atoms with van der Waals surface area (Å²) >= 11 is 0. The maximum atomic E-state index is 12.8. The predicted octanol–water partition coefficient (Wildman–Crippen LogP) is 1.73. The lowest BCUT2D eigenvalue weighted by molar-refractivity contribution is 0.0683. The normalized spacial score (nSPS) is 17.6. The first-order valence-electron chi connectivity index (χ1n) is 7.73. The highest BCUT2D eigenvalue weighted by molar-refractivity contribution is 6.05. The molecule has 1 fully saturated rings. The number of fused-ring (bicyclic) bond motifs is 1. The van der Waals surface area contributed by atoms with Gasteiger partial charge in [-0.25, -0.2) is 0 Å². The molecule has 0 bridgehead atoms. The molecule has 2 heterocycles. The summed E-state index contributed by atoms with van der Waals surface area (Å²) < 4.78 is 0. The molecule has 1 saturated heterocycles. The highest BCUT2D eigenvalue weighted by atomic mass is 16.2. The van der Waals surface area contributed by atoms with Crippen molar-refractivity contribution < 1.29 is 4.79 Å². The lowest BCUT2D eigenvalue weighted by Crippen LogP contribution is -2.42. The zero-order chi connectivity index (χ0) is 15.7. The summed E-state index contributed by atoms with van der Waals surface area (Å²) in [7, 11) is 0. The first-order chi connectivity index (χ1) is 10.6. The molecule has 1 unspecified atom stereocenters. The summed E-state index contributed by atoms with van der Waals surface area (Å²) in [5.74, 6) is 0.408. The summed E-state index contributed by atoms with van der Waals surface area (Å²) in [4.78, 5) is 29.2. The molecule has 1 aromatic carbocycles. The summed E-state index contributed by atoms with van der Waals surface area (Å²) in [5.41, 5.74) is 6.88. The molecule has 22 heavy (non-hydrogen) atoms. The van der Waals surface area contributed by atoms with E-state index in [1.54, 1.807) is 0 Å². The number of nitrogens with zero attached hydrogens (tertiary/aromatic N) is 1. The number of carbonyl (C=O) groups is 1. The number of rotatable bonds is 2. The number of hydrogen-bond acceptors (Lipinski definition) is 3. The van der Waals surface area contributed by atoms with Crippen molar-refractivity contribution in [3.63, 3.8) is 0 Å². The van der Waals surface area contributed by atoms with Gasteiger partial charge in [0.1, 0.15) is 0 Å². The van der Waals surface area contributed by atoms with Gasteiger partial charge in [-0.2, -0.15) is 0 Å². The van der Waals surface area contributed by atoms with Crippen LogP contribution in [0.15, 0.2) is 35.1 Å². The van der Waals surface area contributed by atoms with Crippen molar-refractivity contribution in [3.05, 3.63) is 46.2 Å². The van der Waals surface area contributed by atoms with Gasteiger partial charge in [-0.1, -0.05) is 18.2 Å². The fourth-order valence-electron chi connectivity index (χ4n) is 3.18. The number of nitrogens with one attached hydrogen (secondary N) is 1. The molecule has 0 aliphatic carbocycles. The van der Waals surface area contributed by atoms with Crippen LogP contribution in [0.5, 0.6) is 0 Å². The van der Waals surface area contributed by atoms with Crippen LogP contribution < -0.4 is 11.3 Å². The number of amides is 1.